The van der Waals surface area contributed by atoms with Crippen LogP contribution in [0.2, 0.25) is 5.02 Å². The summed E-state index contributed by atoms with van der Waals surface area (Å²) in [5.41, 5.74) is 0.828. The summed E-state index contributed by atoms with van der Waals surface area (Å²) in [6, 6.07) is 3.45. The Morgan fingerprint density at radius 2 is 2.05 bits per heavy atom. The lowest BCUT2D eigenvalue weighted by molar-refractivity contribution is 0.264. The largest absolute Gasteiger partial charge is 0.504 e. The molecule has 0 saturated carbocycles. The first-order valence-corrected chi connectivity index (χ1v) is 6.94. The van der Waals surface area contributed by atoms with Crippen molar-refractivity contribution >= 4 is 11.6 Å². The number of nitrogens with zero attached hydrogens (tertiary/aromatic N) is 2. The first-order chi connectivity index (χ1) is 9.10. The number of phenols is 1. The molecule has 4 nitrogen and oxygen atoms in total. The third-order valence-electron chi connectivity index (χ3n) is 3.54. The SMILES string of the molecule is COc1cc(Cl)cc(CN2CCCN(C)CC2)c1O. The zero-order chi connectivity index (χ0) is 13.8. The molecule has 106 valence electrons. The molecule has 1 saturated heterocycles. The Kier molecular flexibility index (Phi) is 4.91. The molecule has 0 aromatic heterocycles. The Balaban J connectivity index is 2.12. The molecule has 0 amide bonds. The molecular formula is C14H21ClN2O2. The van der Waals surface area contributed by atoms with Gasteiger partial charge in [0, 0.05) is 36.3 Å². The summed E-state index contributed by atoms with van der Waals surface area (Å²) in [5.74, 6) is 0.638. The zero-order valence-corrected chi connectivity index (χ0v) is 12.3. The van der Waals surface area contributed by atoms with Crippen molar-refractivity contribution in [3.8, 4) is 11.5 Å². The van der Waals surface area contributed by atoms with Crippen LogP contribution < -0.4 is 4.74 Å². The molecule has 1 aliphatic heterocycles. The Bertz CT molecular complexity index is 440. The van der Waals surface area contributed by atoms with Gasteiger partial charge in [-0.05, 0) is 32.6 Å². The highest BCUT2D eigenvalue weighted by Crippen LogP contribution is 2.34. The Morgan fingerprint density at radius 3 is 2.79 bits per heavy atom. The molecule has 2 rings (SSSR count). The van der Waals surface area contributed by atoms with Gasteiger partial charge >= 0.3 is 0 Å². The van der Waals surface area contributed by atoms with Crippen LogP contribution >= 0.6 is 11.6 Å². The summed E-state index contributed by atoms with van der Waals surface area (Å²) in [4.78, 5) is 4.67. The molecule has 1 heterocycles. The van der Waals surface area contributed by atoms with Gasteiger partial charge in [-0.25, -0.2) is 0 Å². The van der Waals surface area contributed by atoms with E-state index >= 15 is 0 Å². The maximum Gasteiger partial charge on any atom is 0.162 e. The fraction of sp³-hybridized carbons (Fsp3) is 0.571. The first-order valence-electron chi connectivity index (χ1n) is 6.56. The normalized spacial score (nSPS) is 18.3. The van der Waals surface area contributed by atoms with Crippen LogP contribution in [0.15, 0.2) is 12.1 Å². The smallest absolute Gasteiger partial charge is 0.162 e. The highest BCUT2D eigenvalue weighted by atomic mass is 35.5. The molecule has 0 aliphatic carbocycles. The van der Waals surface area contributed by atoms with Crippen LogP contribution in [0.5, 0.6) is 11.5 Å². The molecule has 1 aromatic rings. The van der Waals surface area contributed by atoms with Gasteiger partial charge in [-0.15, -0.1) is 0 Å². The fourth-order valence-corrected chi connectivity index (χ4v) is 2.63. The summed E-state index contributed by atoms with van der Waals surface area (Å²) in [7, 11) is 3.68. The highest BCUT2D eigenvalue weighted by molar-refractivity contribution is 6.30. The number of hydrogen-bond acceptors (Lipinski definition) is 4. The van der Waals surface area contributed by atoms with Crippen molar-refractivity contribution in [2.75, 3.05) is 40.3 Å². The molecule has 1 N–H and O–H groups in total. The van der Waals surface area contributed by atoms with E-state index in [1.54, 1.807) is 6.07 Å². The van der Waals surface area contributed by atoms with Crippen LogP contribution in [0.25, 0.3) is 0 Å². The standard InChI is InChI=1S/C14H21ClN2O2/c1-16-4-3-5-17(7-6-16)10-11-8-12(15)9-13(19-2)14(11)18/h8-9,18H,3-7,10H2,1-2H3. The second kappa shape index (κ2) is 6.46. The van der Waals surface area contributed by atoms with Crippen LogP contribution in [0.1, 0.15) is 12.0 Å². The van der Waals surface area contributed by atoms with Crippen molar-refractivity contribution < 1.29 is 9.84 Å². The van der Waals surface area contributed by atoms with E-state index in [-0.39, 0.29) is 5.75 Å². The quantitative estimate of drug-likeness (QED) is 0.923. The maximum absolute atomic E-state index is 10.1. The van der Waals surface area contributed by atoms with Crippen molar-refractivity contribution in [3.05, 3.63) is 22.7 Å². The summed E-state index contributed by atoms with van der Waals surface area (Å²) in [6.07, 6.45) is 1.15. The summed E-state index contributed by atoms with van der Waals surface area (Å²) < 4.78 is 5.14. The van der Waals surface area contributed by atoms with Crippen molar-refractivity contribution in [2.24, 2.45) is 0 Å². The number of phenolic OH excluding ortho intramolecular Hbond substituents is 1. The number of aromatic hydroxyl groups is 1. The number of halogens is 1. The number of benzene rings is 1. The van der Waals surface area contributed by atoms with Gasteiger partial charge in [0.2, 0.25) is 0 Å². The molecule has 1 aliphatic rings. The fourth-order valence-electron chi connectivity index (χ4n) is 2.40. The lowest BCUT2D eigenvalue weighted by Crippen LogP contribution is -2.28. The molecule has 0 bridgehead atoms. The van der Waals surface area contributed by atoms with Gasteiger partial charge in [0.25, 0.3) is 0 Å². The van der Waals surface area contributed by atoms with Crippen molar-refractivity contribution in [2.45, 2.75) is 13.0 Å². The summed E-state index contributed by atoms with van der Waals surface area (Å²) >= 11 is 6.06. The summed E-state index contributed by atoms with van der Waals surface area (Å²) in [6.45, 7) is 4.93. The second-order valence-corrected chi connectivity index (χ2v) is 5.49. The van der Waals surface area contributed by atoms with Gasteiger partial charge in [-0.1, -0.05) is 11.6 Å². The van der Waals surface area contributed by atoms with Crippen molar-refractivity contribution in [3.63, 3.8) is 0 Å². The van der Waals surface area contributed by atoms with Crippen LogP contribution in [0.3, 0.4) is 0 Å². The number of methoxy groups -OCH3 is 1. The van der Waals surface area contributed by atoms with E-state index in [0.717, 1.165) is 38.2 Å². The third kappa shape index (κ3) is 3.75. The molecule has 0 spiro atoms. The van der Waals surface area contributed by atoms with Crippen molar-refractivity contribution in [1.29, 1.82) is 0 Å². The number of likely N-dealkylation sites (N-methyl/N-ethyl adjacent to an activating group) is 1. The molecule has 19 heavy (non-hydrogen) atoms. The van der Waals surface area contributed by atoms with Gasteiger partial charge < -0.3 is 14.7 Å². The summed E-state index contributed by atoms with van der Waals surface area (Å²) in [5, 5.41) is 10.7. The van der Waals surface area contributed by atoms with E-state index in [2.05, 4.69) is 16.8 Å². The molecule has 5 heteroatoms. The van der Waals surface area contributed by atoms with E-state index in [4.69, 9.17) is 16.3 Å². The maximum atomic E-state index is 10.1. The predicted molar refractivity (Wildman–Crippen MR) is 77.1 cm³/mol. The average Bonchev–Trinajstić information content (AvgIpc) is 2.58. The minimum Gasteiger partial charge on any atom is -0.504 e. The Morgan fingerprint density at radius 1 is 1.26 bits per heavy atom. The third-order valence-corrected chi connectivity index (χ3v) is 3.76. The predicted octanol–water partition coefficient (Wildman–Crippen LogP) is 2.19. The molecule has 1 fully saturated rings. The van der Waals surface area contributed by atoms with E-state index in [0.29, 0.717) is 17.3 Å². The zero-order valence-electron chi connectivity index (χ0n) is 11.5. The number of rotatable bonds is 3. The number of ether oxygens (including phenoxy) is 1. The van der Waals surface area contributed by atoms with Crippen LogP contribution in [-0.2, 0) is 6.54 Å². The van der Waals surface area contributed by atoms with Crippen LogP contribution in [0, 0.1) is 0 Å². The van der Waals surface area contributed by atoms with Gasteiger partial charge in [-0.2, -0.15) is 0 Å². The van der Waals surface area contributed by atoms with Gasteiger partial charge in [0.1, 0.15) is 0 Å². The monoisotopic (exact) mass is 284 g/mol. The van der Waals surface area contributed by atoms with E-state index < -0.39 is 0 Å². The topological polar surface area (TPSA) is 35.9 Å². The lowest BCUT2D eigenvalue weighted by Gasteiger charge is -2.21. The molecular weight excluding hydrogens is 264 g/mol. The van der Waals surface area contributed by atoms with Gasteiger partial charge in [0.05, 0.1) is 7.11 Å². The number of hydrogen-bond donors (Lipinski definition) is 1. The van der Waals surface area contributed by atoms with E-state index in [1.165, 1.54) is 7.11 Å². The van der Waals surface area contributed by atoms with Gasteiger partial charge in [-0.3, -0.25) is 4.90 Å². The molecule has 0 unspecified atom stereocenters. The minimum atomic E-state index is 0.199. The van der Waals surface area contributed by atoms with E-state index in [9.17, 15) is 5.11 Å². The van der Waals surface area contributed by atoms with Crippen LogP contribution in [0.4, 0.5) is 0 Å². The average molecular weight is 285 g/mol. The molecule has 1 aromatic carbocycles. The van der Waals surface area contributed by atoms with E-state index in [1.807, 2.05) is 6.07 Å². The Labute approximate surface area is 119 Å². The lowest BCUT2D eigenvalue weighted by atomic mass is 10.1. The molecule has 0 atom stereocenters. The van der Waals surface area contributed by atoms with Crippen molar-refractivity contribution in [1.82, 2.24) is 9.80 Å². The van der Waals surface area contributed by atoms with Gasteiger partial charge in [0.15, 0.2) is 11.5 Å². The second-order valence-electron chi connectivity index (χ2n) is 5.05. The minimum absolute atomic E-state index is 0.199. The first kappa shape index (κ1) is 14.4. The Hall–Kier alpha value is -0.970. The highest BCUT2D eigenvalue weighted by Gasteiger charge is 2.16. The van der Waals surface area contributed by atoms with Crippen LogP contribution in [-0.4, -0.2) is 55.2 Å². The molecule has 0 radical (unpaired) electrons.